The van der Waals surface area contributed by atoms with Gasteiger partial charge in [-0.15, -0.1) is 0 Å². The van der Waals surface area contributed by atoms with Crippen LogP contribution in [0.15, 0.2) is 0 Å². The summed E-state index contributed by atoms with van der Waals surface area (Å²) < 4.78 is 7.98. The molecule has 0 aliphatic rings. The van der Waals surface area contributed by atoms with Crippen LogP contribution in [-0.2, 0) is 23.9 Å². The number of ether oxygens (including phenoxy) is 2. The maximum Gasteiger partial charge on any atom is 0.417 e. The quantitative estimate of drug-likeness (QED) is 0.410. The number of methoxy groups -OCH3 is 2. The Morgan fingerprint density at radius 1 is 1.07 bits per heavy atom. The average molecular weight is 208 g/mol. The van der Waals surface area contributed by atoms with Crippen LogP contribution in [-0.4, -0.2) is 48.4 Å². The van der Waals surface area contributed by atoms with Gasteiger partial charge in [0.1, 0.15) is 6.10 Å². The molecule has 0 aromatic rings. The van der Waals surface area contributed by atoms with Gasteiger partial charge in [0.2, 0.25) is 0 Å². The first-order valence-corrected chi connectivity index (χ1v) is 3.43. The van der Waals surface area contributed by atoms with Crippen molar-refractivity contribution >= 4 is 17.9 Å². The lowest BCUT2D eigenvalue weighted by Gasteiger charge is -1.92. The van der Waals surface area contributed by atoms with Crippen LogP contribution in [0.5, 0.6) is 0 Å². The lowest BCUT2D eigenvalue weighted by atomic mass is 10.4. The molecule has 0 rings (SSSR count). The monoisotopic (exact) mass is 208 g/mol. The van der Waals surface area contributed by atoms with Crippen molar-refractivity contribution in [1.82, 2.24) is 0 Å². The van der Waals surface area contributed by atoms with E-state index >= 15 is 0 Å². The number of rotatable bonds is 1. The van der Waals surface area contributed by atoms with Crippen LogP contribution in [0.1, 0.15) is 6.92 Å². The highest BCUT2D eigenvalue weighted by Gasteiger charge is 2.11. The van der Waals surface area contributed by atoms with E-state index < -0.39 is 24.0 Å². The van der Waals surface area contributed by atoms with Crippen LogP contribution in [0.2, 0.25) is 0 Å². The minimum Gasteiger partial charge on any atom is -0.479 e. The summed E-state index contributed by atoms with van der Waals surface area (Å²) in [6.45, 7) is 1.20. The summed E-state index contributed by atoms with van der Waals surface area (Å²) in [6, 6.07) is 0. The lowest BCUT2D eigenvalue weighted by molar-refractivity contribution is -0.164. The summed E-state index contributed by atoms with van der Waals surface area (Å²) in [4.78, 5) is 29.5. The second kappa shape index (κ2) is 7.99. The van der Waals surface area contributed by atoms with E-state index in [9.17, 15) is 14.4 Å². The van der Waals surface area contributed by atoms with Crippen molar-refractivity contribution in [2.45, 2.75) is 13.0 Å². The Morgan fingerprint density at radius 3 is 1.36 bits per heavy atom. The van der Waals surface area contributed by atoms with Gasteiger partial charge in [-0.1, -0.05) is 0 Å². The fourth-order valence-electron chi connectivity index (χ4n) is 0.167. The standard InChI is InChI=1S/C4H6O4.C3H6O3/c1-7-3(5)4(6)8-2;1-2(4)3(5)6/h1-2H3;2,4H,1H3,(H,5,6). The van der Waals surface area contributed by atoms with Crippen LogP contribution in [0.25, 0.3) is 0 Å². The van der Waals surface area contributed by atoms with Crippen molar-refractivity contribution in [2.75, 3.05) is 14.2 Å². The molecule has 0 aromatic carbocycles. The van der Waals surface area contributed by atoms with Crippen molar-refractivity contribution in [1.29, 1.82) is 0 Å². The molecule has 14 heavy (non-hydrogen) atoms. The summed E-state index contributed by atoms with van der Waals surface area (Å²) in [6.07, 6.45) is -1.23. The van der Waals surface area contributed by atoms with E-state index in [0.717, 1.165) is 14.2 Å². The average Bonchev–Trinajstić information content (AvgIpc) is 2.16. The third-order valence-corrected chi connectivity index (χ3v) is 0.895. The van der Waals surface area contributed by atoms with Gasteiger partial charge in [0, 0.05) is 0 Å². The van der Waals surface area contributed by atoms with Crippen molar-refractivity contribution in [3.63, 3.8) is 0 Å². The number of carboxylic acids is 1. The normalized spacial score (nSPS) is 10.3. The Kier molecular flexibility index (Phi) is 8.49. The number of aliphatic hydroxyl groups is 1. The van der Waals surface area contributed by atoms with E-state index in [2.05, 4.69) is 9.47 Å². The molecule has 0 saturated carbocycles. The minimum absolute atomic E-state index is 0.979. The predicted octanol–water partition coefficient (Wildman–Crippen LogP) is -1.22. The van der Waals surface area contributed by atoms with Gasteiger partial charge in [0.05, 0.1) is 14.2 Å². The van der Waals surface area contributed by atoms with Crippen LogP contribution in [0.4, 0.5) is 0 Å². The first-order valence-electron chi connectivity index (χ1n) is 3.43. The summed E-state index contributed by atoms with van der Waals surface area (Å²) >= 11 is 0. The van der Waals surface area contributed by atoms with E-state index in [-0.39, 0.29) is 0 Å². The van der Waals surface area contributed by atoms with Gasteiger partial charge in [-0.3, -0.25) is 0 Å². The van der Waals surface area contributed by atoms with E-state index in [0.29, 0.717) is 0 Å². The van der Waals surface area contributed by atoms with Gasteiger partial charge >= 0.3 is 17.9 Å². The van der Waals surface area contributed by atoms with Crippen LogP contribution < -0.4 is 0 Å². The van der Waals surface area contributed by atoms with Gasteiger partial charge in [0.15, 0.2) is 0 Å². The Hall–Kier alpha value is -1.63. The van der Waals surface area contributed by atoms with Gasteiger partial charge in [-0.25, -0.2) is 14.4 Å². The summed E-state index contributed by atoms with van der Waals surface area (Å²) in [5.41, 5.74) is 0. The summed E-state index contributed by atoms with van der Waals surface area (Å²) in [7, 11) is 2.22. The lowest BCUT2D eigenvalue weighted by Crippen LogP contribution is -2.16. The first kappa shape index (κ1) is 14.9. The molecule has 82 valence electrons. The number of hydrogen-bond donors (Lipinski definition) is 2. The second-order valence-corrected chi connectivity index (χ2v) is 2.00. The first-order chi connectivity index (χ1) is 6.36. The molecular formula is C7H12O7. The molecule has 2 N–H and O–H groups in total. The molecule has 1 atom stereocenters. The SMILES string of the molecule is CC(O)C(=O)O.COC(=O)C(=O)OC. The molecule has 0 bridgehead atoms. The van der Waals surface area contributed by atoms with E-state index in [1.54, 1.807) is 0 Å². The van der Waals surface area contributed by atoms with Crippen molar-refractivity contribution < 1.29 is 34.1 Å². The van der Waals surface area contributed by atoms with Crippen molar-refractivity contribution in [3.8, 4) is 0 Å². The zero-order valence-electron chi connectivity index (χ0n) is 8.01. The number of carbonyl (C=O) groups excluding carboxylic acids is 2. The maximum atomic E-state index is 10.0. The van der Waals surface area contributed by atoms with Crippen molar-refractivity contribution in [3.05, 3.63) is 0 Å². The minimum atomic E-state index is -1.23. The molecule has 0 aromatic heterocycles. The van der Waals surface area contributed by atoms with Gasteiger partial charge < -0.3 is 19.7 Å². The molecule has 0 aliphatic carbocycles. The molecular weight excluding hydrogens is 196 g/mol. The highest BCUT2D eigenvalue weighted by Crippen LogP contribution is 1.76. The summed E-state index contributed by atoms with van der Waals surface area (Å²) in [5.74, 6) is -3.14. The van der Waals surface area contributed by atoms with E-state index in [4.69, 9.17) is 10.2 Å². The van der Waals surface area contributed by atoms with E-state index in [1.165, 1.54) is 6.92 Å². The Morgan fingerprint density at radius 2 is 1.29 bits per heavy atom. The zero-order valence-corrected chi connectivity index (χ0v) is 8.01. The molecule has 0 amide bonds. The molecule has 0 saturated heterocycles. The van der Waals surface area contributed by atoms with Crippen LogP contribution in [0, 0.1) is 0 Å². The summed E-state index contributed by atoms with van der Waals surface area (Å²) in [5, 5.41) is 15.8. The third kappa shape index (κ3) is 8.47. The smallest absolute Gasteiger partial charge is 0.417 e. The number of esters is 2. The predicted molar refractivity (Wildman–Crippen MR) is 43.3 cm³/mol. The number of hydrogen-bond acceptors (Lipinski definition) is 6. The maximum absolute atomic E-state index is 10.0. The molecule has 7 heteroatoms. The highest BCUT2D eigenvalue weighted by atomic mass is 16.6. The van der Waals surface area contributed by atoms with E-state index in [1.807, 2.05) is 0 Å². The number of carbonyl (C=O) groups is 3. The molecule has 0 aliphatic heterocycles. The molecule has 7 nitrogen and oxygen atoms in total. The van der Waals surface area contributed by atoms with Gasteiger partial charge in [-0.05, 0) is 6.92 Å². The molecule has 0 heterocycles. The third-order valence-electron chi connectivity index (χ3n) is 0.895. The second-order valence-electron chi connectivity index (χ2n) is 2.00. The topological polar surface area (TPSA) is 110 Å². The molecule has 0 radical (unpaired) electrons. The fourth-order valence-corrected chi connectivity index (χ4v) is 0.167. The van der Waals surface area contributed by atoms with Crippen molar-refractivity contribution in [2.24, 2.45) is 0 Å². The molecule has 0 fully saturated rings. The molecule has 0 spiro atoms. The fraction of sp³-hybridized carbons (Fsp3) is 0.571. The Bertz CT molecular complexity index is 194. The Labute approximate surface area is 80.2 Å². The Balaban J connectivity index is 0. The largest absolute Gasteiger partial charge is 0.479 e. The van der Waals surface area contributed by atoms with Crippen LogP contribution in [0.3, 0.4) is 0 Å². The van der Waals surface area contributed by atoms with Gasteiger partial charge in [0.25, 0.3) is 0 Å². The zero-order chi connectivity index (χ0) is 11.7. The van der Waals surface area contributed by atoms with Crippen LogP contribution >= 0.6 is 0 Å². The number of carboxylic acid groups (broad SMARTS) is 1. The molecule has 1 unspecified atom stereocenters. The highest BCUT2D eigenvalue weighted by molar-refractivity contribution is 6.29. The number of aliphatic carboxylic acids is 1. The number of aliphatic hydroxyl groups excluding tert-OH is 1. The van der Waals surface area contributed by atoms with Gasteiger partial charge in [-0.2, -0.15) is 0 Å².